The van der Waals surface area contributed by atoms with Crippen LogP contribution in [-0.2, 0) is 25.7 Å². The number of nitrogens with zero attached hydrogens (tertiary/aromatic N) is 2. The fraction of sp³-hybridized carbons (Fsp3) is 0.222. The van der Waals surface area contributed by atoms with Crippen LogP contribution in [0.4, 0.5) is 0 Å². The lowest BCUT2D eigenvalue weighted by molar-refractivity contribution is -0.145. The number of nitrogens with one attached hydrogen (secondary N) is 1. The van der Waals surface area contributed by atoms with Crippen molar-refractivity contribution in [2.24, 2.45) is 0 Å². The average Bonchev–Trinajstić information content (AvgIpc) is 2.87. The highest BCUT2D eigenvalue weighted by Gasteiger charge is 2.15. The predicted molar refractivity (Wildman–Crippen MR) is 106 cm³/mol. The van der Waals surface area contributed by atoms with Crippen LogP contribution in [0.25, 0.3) is 6.08 Å². The smallest absolute Gasteiger partial charge is 0.331 e. The Morgan fingerprint density at radius 2 is 1.86 bits per heavy atom. The van der Waals surface area contributed by atoms with Crippen LogP contribution in [0, 0.1) is 6.92 Å². The van der Waals surface area contributed by atoms with E-state index in [2.05, 4.69) is 5.10 Å². The van der Waals surface area contributed by atoms with Crippen molar-refractivity contribution in [1.29, 1.82) is 0 Å². The molecule has 0 spiro atoms. The number of carbonyl (C=O) groups excluding carboxylic acids is 3. The summed E-state index contributed by atoms with van der Waals surface area (Å²) in [5, 5.41) is 7.58. The van der Waals surface area contributed by atoms with Gasteiger partial charge in [0, 0.05) is 34.2 Å². The topological polar surface area (TPSA) is 90.3 Å². The van der Waals surface area contributed by atoms with Gasteiger partial charge in [-0.3, -0.25) is 14.9 Å². The van der Waals surface area contributed by atoms with E-state index < -0.39 is 24.4 Å². The first-order valence-corrected chi connectivity index (χ1v) is 9.13. The maximum absolute atomic E-state index is 11.7. The number of rotatable bonds is 6. The molecule has 0 fully saturated rings. The van der Waals surface area contributed by atoms with Crippen LogP contribution in [0.15, 0.2) is 24.3 Å². The van der Waals surface area contributed by atoms with Gasteiger partial charge in [-0.05, 0) is 25.1 Å². The van der Waals surface area contributed by atoms with Crippen molar-refractivity contribution < 1.29 is 19.1 Å². The van der Waals surface area contributed by atoms with Crippen molar-refractivity contribution in [3.63, 3.8) is 0 Å². The summed E-state index contributed by atoms with van der Waals surface area (Å²) in [6, 6.07) is 5.17. The Hall–Kier alpha value is -2.35. The molecule has 0 bridgehead atoms. The minimum absolute atomic E-state index is 0.252. The molecule has 1 heterocycles. The zero-order valence-electron chi connectivity index (χ0n) is 15.0. The van der Waals surface area contributed by atoms with Gasteiger partial charge in [-0.25, -0.2) is 9.48 Å². The van der Waals surface area contributed by atoms with Crippen molar-refractivity contribution >= 4 is 58.7 Å². The molecule has 1 aromatic carbocycles. The first-order valence-electron chi connectivity index (χ1n) is 8.00. The summed E-state index contributed by atoms with van der Waals surface area (Å²) in [6.07, 6.45) is 2.55. The molecular formula is C18H16Cl3N3O4. The fourth-order valence-corrected chi connectivity index (χ4v) is 3.08. The maximum atomic E-state index is 11.7. The van der Waals surface area contributed by atoms with Crippen molar-refractivity contribution in [3.8, 4) is 0 Å². The molecule has 0 aliphatic carbocycles. The number of hydrogen-bond acceptors (Lipinski definition) is 5. The number of halogens is 3. The summed E-state index contributed by atoms with van der Waals surface area (Å²) < 4.78 is 6.25. The quantitative estimate of drug-likeness (QED) is 0.544. The summed E-state index contributed by atoms with van der Waals surface area (Å²) >= 11 is 18.7. The van der Waals surface area contributed by atoms with E-state index in [1.54, 1.807) is 25.1 Å². The number of aryl methyl sites for hydroxylation is 1. The first kappa shape index (κ1) is 21.9. The molecular weight excluding hydrogens is 429 g/mol. The molecule has 7 nitrogen and oxygen atoms in total. The van der Waals surface area contributed by atoms with Crippen LogP contribution >= 0.6 is 34.8 Å². The second-order valence-electron chi connectivity index (χ2n) is 5.69. The molecule has 0 atom stereocenters. The second-order valence-corrected chi connectivity index (χ2v) is 6.87. The van der Waals surface area contributed by atoms with E-state index in [0.717, 1.165) is 6.08 Å². The highest BCUT2D eigenvalue weighted by molar-refractivity contribution is 6.36. The van der Waals surface area contributed by atoms with Gasteiger partial charge < -0.3 is 4.74 Å². The average molecular weight is 445 g/mol. The monoisotopic (exact) mass is 443 g/mol. The molecule has 2 aromatic rings. The molecule has 0 saturated heterocycles. The zero-order valence-corrected chi connectivity index (χ0v) is 17.2. The lowest BCUT2D eigenvalue weighted by atomic mass is 10.2. The Bertz CT molecular complexity index is 934. The van der Waals surface area contributed by atoms with E-state index in [0.29, 0.717) is 26.9 Å². The Morgan fingerprint density at radius 1 is 1.21 bits per heavy atom. The van der Waals surface area contributed by atoms with Crippen molar-refractivity contribution in [2.75, 3.05) is 6.61 Å². The molecule has 10 heteroatoms. The predicted octanol–water partition coefficient (Wildman–Crippen LogP) is 3.42. The Balaban J connectivity index is 2.09. The number of carbonyl (C=O) groups is 3. The standard InChI is InChI=1S/C18H16Cl3N3O4/c1-10-12(6-7-17(27)28-9-16(26)22-11(2)25)18(21)24(23-10)8-13-14(19)4-3-5-15(13)20/h3-7H,8-9H2,1-2H3,(H,22,25,26)/b7-6+. The van der Waals surface area contributed by atoms with Crippen LogP contribution in [-0.4, -0.2) is 34.2 Å². The van der Waals surface area contributed by atoms with Gasteiger partial charge in [-0.1, -0.05) is 40.9 Å². The summed E-state index contributed by atoms with van der Waals surface area (Å²) in [4.78, 5) is 33.8. The number of aromatic nitrogens is 2. The molecule has 2 rings (SSSR count). The van der Waals surface area contributed by atoms with Gasteiger partial charge in [0.1, 0.15) is 5.15 Å². The lowest BCUT2D eigenvalue weighted by Gasteiger charge is -2.08. The number of ether oxygens (including phenoxy) is 1. The molecule has 28 heavy (non-hydrogen) atoms. The molecule has 0 radical (unpaired) electrons. The zero-order chi connectivity index (χ0) is 20.8. The minimum atomic E-state index is -0.768. The molecule has 0 unspecified atom stereocenters. The van der Waals surface area contributed by atoms with Crippen LogP contribution in [0.2, 0.25) is 15.2 Å². The Labute approximate surface area is 176 Å². The third-order valence-electron chi connectivity index (χ3n) is 3.53. The Kier molecular flexibility index (Phi) is 7.62. The molecule has 0 aliphatic heterocycles. The summed E-state index contributed by atoms with van der Waals surface area (Å²) in [7, 11) is 0. The highest BCUT2D eigenvalue weighted by atomic mass is 35.5. The SMILES string of the molecule is CC(=O)NC(=O)COC(=O)/C=C/c1c(C)nn(Cc2c(Cl)cccc2Cl)c1Cl. The van der Waals surface area contributed by atoms with Gasteiger partial charge in [0.15, 0.2) is 6.61 Å². The van der Waals surface area contributed by atoms with E-state index in [4.69, 9.17) is 39.5 Å². The molecule has 1 aromatic heterocycles. The summed E-state index contributed by atoms with van der Waals surface area (Å²) in [6.45, 7) is 2.58. The van der Waals surface area contributed by atoms with Crippen LogP contribution in [0.5, 0.6) is 0 Å². The second kappa shape index (κ2) is 9.73. The Morgan fingerprint density at radius 3 is 2.46 bits per heavy atom. The number of amides is 2. The third-order valence-corrected chi connectivity index (χ3v) is 4.63. The molecule has 0 aliphatic rings. The lowest BCUT2D eigenvalue weighted by Crippen LogP contribution is -2.32. The molecule has 2 amide bonds. The first-order chi connectivity index (χ1) is 13.2. The van der Waals surface area contributed by atoms with Gasteiger partial charge in [0.25, 0.3) is 5.91 Å². The third kappa shape index (κ3) is 5.82. The summed E-state index contributed by atoms with van der Waals surface area (Å²) in [5.41, 5.74) is 1.75. The van der Waals surface area contributed by atoms with Crippen LogP contribution < -0.4 is 5.32 Å². The van der Waals surface area contributed by atoms with Gasteiger partial charge >= 0.3 is 5.97 Å². The van der Waals surface area contributed by atoms with Crippen LogP contribution in [0.1, 0.15) is 23.7 Å². The van der Waals surface area contributed by atoms with Gasteiger partial charge in [0.2, 0.25) is 5.91 Å². The number of benzene rings is 1. The van der Waals surface area contributed by atoms with Crippen LogP contribution in [0.3, 0.4) is 0 Å². The summed E-state index contributed by atoms with van der Waals surface area (Å²) in [5.74, 6) is -2.02. The van der Waals surface area contributed by atoms with E-state index in [1.165, 1.54) is 17.7 Å². The molecule has 1 N–H and O–H groups in total. The van der Waals surface area contributed by atoms with Gasteiger partial charge in [-0.15, -0.1) is 0 Å². The van der Waals surface area contributed by atoms with Gasteiger partial charge in [0.05, 0.1) is 12.2 Å². The van der Waals surface area contributed by atoms with E-state index in [9.17, 15) is 14.4 Å². The van der Waals surface area contributed by atoms with E-state index in [-0.39, 0.29) is 11.7 Å². The normalized spacial score (nSPS) is 10.9. The number of hydrogen-bond donors (Lipinski definition) is 1. The van der Waals surface area contributed by atoms with E-state index in [1.807, 2.05) is 5.32 Å². The van der Waals surface area contributed by atoms with Crippen molar-refractivity contribution in [3.05, 3.63) is 56.3 Å². The number of imide groups is 1. The number of esters is 1. The molecule has 0 saturated carbocycles. The van der Waals surface area contributed by atoms with Crippen molar-refractivity contribution in [1.82, 2.24) is 15.1 Å². The van der Waals surface area contributed by atoms with Gasteiger partial charge in [-0.2, -0.15) is 5.10 Å². The maximum Gasteiger partial charge on any atom is 0.331 e. The largest absolute Gasteiger partial charge is 0.452 e. The van der Waals surface area contributed by atoms with E-state index >= 15 is 0 Å². The fourth-order valence-electron chi connectivity index (χ4n) is 2.26. The van der Waals surface area contributed by atoms with Crippen molar-refractivity contribution in [2.45, 2.75) is 20.4 Å². The highest BCUT2D eigenvalue weighted by Crippen LogP contribution is 2.28. The minimum Gasteiger partial charge on any atom is -0.452 e. The molecule has 148 valence electrons.